The van der Waals surface area contributed by atoms with Gasteiger partial charge in [0.25, 0.3) is 5.91 Å². The summed E-state index contributed by atoms with van der Waals surface area (Å²) in [5.41, 5.74) is 0.623. The van der Waals surface area contributed by atoms with Gasteiger partial charge in [0, 0.05) is 37.5 Å². The lowest BCUT2D eigenvalue weighted by molar-refractivity contribution is -0.143. The minimum atomic E-state index is -0.857. The molecule has 0 radical (unpaired) electrons. The first-order chi connectivity index (χ1) is 18.8. The molecule has 1 aromatic rings. The molecular weight excluding hydrogens is 534 g/mol. The number of aliphatic hydroxyl groups is 1. The van der Waals surface area contributed by atoms with Gasteiger partial charge in [-0.15, -0.1) is 11.8 Å². The number of fused-ring (bicyclic) bond motifs is 2. The van der Waals surface area contributed by atoms with Crippen molar-refractivity contribution in [2.75, 3.05) is 37.7 Å². The van der Waals surface area contributed by atoms with Crippen molar-refractivity contribution >= 4 is 46.8 Å². The molecule has 0 bridgehead atoms. The predicted octanol–water partition coefficient (Wildman–Crippen LogP) is 4.29. The van der Waals surface area contributed by atoms with Gasteiger partial charge < -0.3 is 19.8 Å². The second-order valence-corrected chi connectivity index (χ2v) is 13.4. The Hall–Kier alpha value is -2.29. The number of anilines is 1. The van der Waals surface area contributed by atoms with Crippen LogP contribution in [0.2, 0.25) is 5.02 Å². The smallest absolute Gasteiger partial charge is 0.251 e. The number of amides is 3. The van der Waals surface area contributed by atoms with Crippen LogP contribution in [0.5, 0.6) is 0 Å². The van der Waals surface area contributed by atoms with Crippen LogP contribution in [0.4, 0.5) is 5.69 Å². The molecule has 0 saturated carbocycles. The van der Waals surface area contributed by atoms with Crippen molar-refractivity contribution in [1.29, 1.82) is 0 Å². The summed E-state index contributed by atoms with van der Waals surface area (Å²) in [5.74, 6) is -1.44. The fourth-order valence-corrected chi connectivity index (χ4v) is 9.31. The lowest BCUT2D eigenvalue weighted by atomic mass is 9.74. The Bertz CT molecular complexity index is 1190. The number of benzene rings is 1. The Morgan fingerprint density at radius 3 is 2.44 bits per heavy atom. The van der Waals surface area contributed by atoms with E-state index in [4.69, 9.17) is 11.6 Å². The van der Waals surface area contributed by atoms with Gasteiger partial charge in [-0.1, -0.05) is 67.8 Å². The highest BCUT2D eigenvalue weighted by Crippen LogP contribution is 2.65. The summed E-state index contributed by atoms with van der Waals surface area (Å²) >= 11 is 8.16. The molecule has 1 spiro atoms. The fraction of sp³-hybridized carbons (Fsp3) is 0.567. The van der Waals surface area contributed by atoms with Crippen molar-refractivity contribution in [2.24, 2.45) is 11.8 Å². The van der Waals surface area contributed by atoms with Crippen LogP contribution in [0, 0.1) is 11.8 Å². The van der Waals surface area contributed by atoms with E-state index >= 15 is 0 Å². The lowest BCUT2D eigenvalue weighted by Gasteiger charge is -2.37. The first-order valence-electron chi connectivity index (χ1n) is 14.1. The minimum Gasteiger partial charge on any atom is -0.396 e. The van der Waals surface area contributed by atoms with Crippen LogP contribution in [0.1, 0.15) is 46.0 Å². The normalized spacial score (nSPS) is 31.8. The van der Waals surface area contributed by atoms with E-state index in [1.165, 1.54) is 0 Å². The van der Waals surface area contributed by atoms with Crippen LogP contribution in [0.3, 0.4) is 0 Å². The summed E-state index contributed by atoms with van der Waals surface area (Å²) in [6, 6.07) is 6.56. The average molecular weight is 572 g/mol. The van der Waals surface area contributed by atoms with Crippen LogP contribution >= 0.6 is 23.4 Å². The second kappa shape index (κ2) is 11.3. The summed E-state index contributed by atoms with van der Waals surface area (Å²) in [7, 11) is 0. The van der Waals surface area contributed by atoms with Crippen molar-refractivity contribution in [2.45, 2.75) is 61.5 Å². The Morgan fingerprint density at radius 1 is 0.949 bits per heavy atom. The number of para-hydroxylation sites is 1. The molecule has 39 heavy (non-hydrogen) atoms. The van der Waals surface area contributed by atoms with Gasteiger partial charge in [-0.05, 0) is 38.3 Å². The number of hydrogen-bond donors (Lipinski definition) is 1. The standard InChI is InChI=1S/C30H38ClN3O4S/c1-3-16-32-17-10-14-29(2)23(26(32)36)24-27(37)34(18-8-4-5-9-20-35)25-28(38)33(19-11-15-30(24,25)39-29)22-13-7-6-12-21(22)31/h6-7,10-15,23-25,35H,3-5,8-9,16-20H2,1-2H3/t23-,24+,25?,29+,30+/m1/s1. The first-order valence-corrected chi connectivity index (χ1v) is 15.3. The second-order valence-electron chi connectivity index (χ2n) is 11.2. The van der Waals surface area contributed by atoms with Crippen LogP contribution in [-0.4, -0.2) is 80.9 Å². The Balaban J connectivity index is 1.58. The van der Waals surface area contributed by atoms with Gasteiger partial charge in [0.15, 0.2) is 0 Å². The number of hydrogen-bond acceptors (Lipinski definition) is 5. The number of unbranched alkanes of at least 4 members (excludes halogenated alkanes) is 3. The van der Waals surface area contributed by atoms with Gasteiger partial charge in [0.2, 0.25) is 11.8 Å². The average Bonchev–Trinajstić information content (AvgIpc) is 3.18. The molecule has 5 atom stereocenters. The minimum absolute atomic E-state index is 0.00340. The highest BCUT2D eigenvalue weighted by Gasteiger charge is 2.73. The molecule has 2 saturated heterocycles. The number of halogens is 1. The molecule has 4 heterocycles. The quantitative estimate of drug-likeness (QED) is 0.353. The molecule has 5 rings (SSSR count). The van der Waals surface area contributed by atoms with Gasteiger partial charge in [-0.3, -0.25) is 14.4 Å². The largest absolute Gasteiger partial charge is 0.396 e. The monoisotopic (exact) mass is 571 g/mol. The lowest BCUT2D eigenvalue weighted by Crippen LogP contribution is -2.53. The molecule has 1 unspecified atom stereocenters. The molecule has 210 valence electrons. The molecular formula is C30H38ClN3O4S. The summed E-state index contributed by atoms with van der Waals surface area (Å²) in [4.78, 5) is 48.3. The maximum Gasteiger partial charge on any atom is 0.251 e. The van der Waals surface area contributed by atoms with E-state index in [-0.39, 0.29) is 24.3 Å². The maximum atomic E-state index is 14.5. The molecule has 2 fully saturated rings. The van der Waals surface area contributed by atoms with E-state index in [1.807, 2.05) is 29.2 Å². The molecule has 0 aliphatic carbocycles. The zero-order valence-electron chi connectivity index (χ0n) is 22.7. The van der Waals surface area contributed by atoms with Crippen LogP contribution < -0.4 is 4.90 Å². The summed E-state index contributed by atoms with van der Waals surface area (Å²) in [6.45, 7) is 6.22. The van der Waals surface area contributed by atoms with E-state index in [9.17, 15) is 19.5 Å². The number of carbonyl (C=O) groups is 3. The van der Waals surface area contributed by atoms with Gasteiger partial charge in [-0.25, -0.2) is 0 Å². The molecule has 4 aliphatic rings. The van der Waals surface area contributed by atoms with Gasteiger partial charge in [0.05, 0.1) is 27.3 Å². The third-order valence-corrected chi connectivity index (χ3v) is 10.7. The topological polar surface area (TPSA) is 81.2 Å². The zero-order chi connectivity index (χ0) is 27.8. The molecule has 0 aromatic heterocycles. The fourth-order valence-electron chi connectivity index (χ4n) is 6.92. The van der Waals surface area contributed by atoms with Crippen molar-refractivity contribution in [3.8, 4) is 0 Å². The molecule has 4 aliphatic heterocycles. The summed E-state index contributed by atoms with van der Waals surface area (Å²) < 4.78 is -1.46. The molecule has 7 nitrogen and oxygen atoms in total. The van der Waals surface area contributed by atoms with Crippen LogP contribution in [0.25, 0.3) is 0 Å². The number of carbonyl (C=O) groups excluding carboxylic acids is 3. The summed E-state index contributed by atoms with van der Waals surface area (Å²) in [6.07, 6.45) is 12.2. The van der Waals surface area contributed by atoms with E-state index in [1.54, 1.807) is 27.6 Å². The Morgan fingerprint density at radius 2 is 1.69 bits per heavy atom. The van der Waals surface area contributed by atoms with Crippen molar-refractivity contribution in [3.63, 3.8) is 0 Å². The number of thioether (sulfide) groups is 1. The molecule has 1 N–H and O–H groups in total. The van der Waals surface area contributed by atoms with E-state index < -0.39 is 27.4 Å². The maximum absolute atomic E-state index is 14.5. The van der Waals surface area contributed by atoms with Crippen LogP contribution in [-0.2, 0) is 14.4 Å². The van der Waals surface area contributed by atoms with Crippen LogP contribution in [0.15, 0.2) is 48.6 Å². The zero-order valence-corrected chi connectivity index (χ0v) is 24.3. The molecule has 9 heteroatoms. The first kappa shape index (κ1) is 28.2. The third kappa shape index (κ3) is 4.72. The summed E-state index contributed by atoms with van der Waals surface area (Å²) in [5, 5.41) is 9.65. The molecule has 1 aromatic carbocycles. The SMILES string of the molecule is CCCN1CC=C[C@]2(C)S[C@]34C=CCN(c5ccccc5Cl)C(=O)C3N(CCCCCCO)C(=O)[C@@H]4[C@@H]2C1=O. The highest BCUT2D eigenvalue weighted by atomic mass is 35.5. The van der Waals surface area contributed by atoms with E-state index in [2.05, 4.69) is 32.1 Å². The Kier molecular flexibility index (Phi) is 8.18. The number of nitrogens with zero attached hydrogens (tertiary/aromatic N) is 3. The van der Waals surface area contributed by atoms with E-state index in [0.717, 1.165) is 32.1 Å². The van der Waals surface area contributed by atoms with Crippen molar-refractivity contribution < 1.29 is 19.5 Å². The number of rotatable bonds is 9. The predicted molar refractivity (Wildman–Crippen MR) is 156 cm³/mol. The van der Waals surface area contributed by atoms with E-state index in [0.29, 0.717) is 36.9 Å². The highest BCUT2D eigenvalue weighted by molar-refractivity contribution is 8.02. The van der Waals surface area contributed by atoms with Gasteiger partial charge in [-0.2, -0.15) is 0 Å². The molecule has 3 amide bonds. The van der Waals surface area contributed by atoms with Gasteiger partial charge in [0.1, 0.15) is 6.04 Å². The van der Waals surface area contributed by atoms with Gasteiger partial charge >= 0.3 is 0 Å². The van der Waals surface area contributed by atoms with Crippen molar-refractivity contribution in [3.05, 3.63) is 53.6 Å². The van der Waals surface area contributed by atoms with Crippen molar-refractivity contribution in [1.82, 2.24) is 9.80 Å². The third-order valence-electron chi connectivity index (χ3n) is 8.58. The number of likely N-dealkylation sites (tertiary alicyclic amines) is 1. The number of aliphatic hydroxyl groups excluding tert-OH is 1. The Labute approximate surface area is 240 Å².